The molecule has 1 atom stereocenters. The summed E-state index contributed by atoms with van der Waals surface area (Å²) < 4.78 is 5.22. The predicted molar refractivity (Wildman–Crippen MR) is 107 cm³/mol. The van der Waals surface area contributed by atoms with Gasteiger partial charge in [0.1, 0.15) is 6.04 Å². The molecule has 1 aliphatic heterocycles. The molecule has 0 saturated carbocycles. The van der Waals surface area contributed by atoms with Crippen LogP contribution in [0.4, 0.5) is 0 Å². The Morgan fingerprint density at radius 2 is 1.54 bits per heavy atom. The molecule has 4 nitrogen and oxygen atoms in total. The highest BCUT2D eigenvalue weighted by Gasteiger charge is 2.28. The number of allylic oxidation sites excluding steroid dienone is 2. The van der Waals surface area contributed by atoms with Crippen LogP contribution < -0.4 is 5.32 Å². The molecule has 1 N–H and O–H groups in total. The molecule has 4 heteroatoms. The Bertz CT molecular complexity index is 406. The molecule has 0 spiro atoms. The molecule has 150 valence electrons. The van der Waals surface area contributed by atoms with Gasteiger partial charge in [0.15, 0.2) is 0 Å². The summed E-state index contributed by atoms with van der Waals surface area (Å²) in [5, 5.41) is 2.64. The minimum atomic E-state index is -0.413. The molecule has 0 unspecified atom stereocenters. The fourth-order valence-corrected chi connectivity index (χ4v) is 3.24. The van der Waals surface area contributed by atoms with E-state index >= 15 is 0 Å². The lowest BCUT2D eigenvalue weighted by atomic mass is 10.1. The van der Waals surface area contributed by atoms with E-state index in [4.69, 9.17) is 4.74 Å². The van der Waals surface area contributed by atoms with Crippen molar-refractivity contribution in [2.45, 2.75) is 109 Å². The summed E-state index contributed by atoms with van der Waals surface area (Å²) in [6.45, 7) is 2.73. The molecule has 1 aliphatic rings. The third-order valence-electron chi connectivity index (χ3n) is 4.93. The zero-order valence-electron chi connectivity index (χ0n) is 16.8. The Kier molecular flexibility index (Phi) is 13.9. The van der Waals surface area contributed by atoms with Crippen LogP contribution >= 0.6 is 0 Å². The SMILES string of the molecule is CCCCCCCCC/C=C/CCCCCCOC(=O)[C@@H]1CCC(=O)N1. The Morgan fingerprint density at radius 3 is 2.12 bits per heavy atom. The van der Waals surface area contributed by atoms with E-state index in [1.807, 2.05) is 0 Å². The molecule has 1 rings (SSSR count). The average Bonchev–Trinajstić information content (AvgIpc) is 3.07. The van der Waals surface area contributed by atoms with Crippen LogP contribution in [0.2, 0.25) is 0 Å². The number of amides is 1. The molecular weight excluding hydrogens is 326 g/mol. The van der Waals surface area contributed by atoms with Gasteiger partial charge in [-0.1, -0.05) is 70.4 Å². The first kappa shape index (κ1) is 22.7. The quantitative estimate of drug-likeness (QED) is 0.225. The number of rotatable bonds is 16. The van der Waals surface area contributed by atoms with Crippen LogP contribution in [0.15, 0.2) is 12.2 Å². The maximum absolute atomic E-state index is 11.7. The lowest BCUT2D eigenvalue weighted by Gasteiger charge is -2.09. The van der Waals surface area contributed by atoms with Gasteiger partial charge in [-0.3, -0.25) is 4.79 Å². The molecule has 0 aromatic rings. The van der Waals surface area contributed by atoms with Crippen molar-refractivity contribution in [1.29, 1.82) is 0 Å². The minimum Gasteiger partial charge on any atom is -0.464 e. The first-order chi connectivity index (χ1) is 12.7. The van der Waals surface area contributed by atoms with Crippen LogP contribution in [0.3, 0.4) is 0 Å². The molecule has 0 aromatic carbocycles. The van der Waals surface area contributed by atoms with Crippen molar-refractivity contribution in [2.75, 3.05) is 6.61 Å². The number of carbonyl (C=O) groups excluding carboxylic acids is 2. The lowest BCUT2D eigenvalue weighted by molar-refractivity contribution is -0.146. The zero-order valence-corrected chi connectivity index (χ0v) is 16.8. The smallest absolute Gasteiger partial charge is 0.328 e. The molecule has 0 radical (unpaired) electrons. The van der Waals surface area contributed by atoms with Gasteiger partial charge in [-0.15, -0.1) is 0 Å². The van der Waals surface area contributed by atoms with Crippen molar-refractivity contribution in [2.24, 2.45) is 0 Å². The van der Waals surface area contributed by atoms with E-state index in [0.717, 1.165) is 19.3 Å². The van der Waals surface area contributed by atoms with Gasteiger partial charge in [0.05, 0.1) is 6.61 Å². The Labute approximate surface area is 160 Å². The number of esters is 1. The van der Waals surface area contributed by atoms with Gasteiger partial charge in [-0.25, -0.2) is 4.79 Å². The van der Waals surface area contributed by atoms with Gasteiger partial charge < -0.3 is 10.1 Å². The van der Waals surface area contributed by atoms with Crippen molar-refractivity contribution >= 4 is 11.9 Å². The molecule has 0 bridgehead atoms. The van der Waals surface area contributed by atoms with Crippen LogP contribution in [0.1, 0.15) is 103 Å². The standard InChI is InChI=1S/C22H39NO3/c1-2-3-4-5-6-7-8-9-10-11-12-13-14-15-16-19-26-22(25)20-17-18-21(24)23-20/h10-11,20H,2-9,12-19H2,1H3,(H,23,24)/b11-10+/t20-/m0/s1. The largest absolute Gasteiger partial charge is 0.464 e. The topological polar surface area (TPSA) is 55.4 Å². The van der Waals surface area contributed by atoms with Crippen molar-refractivity contribution in [3.05, 3.63) is 12.2 Å². The summed E-state index contributed by atoms with van der Waals surface area (Å²) in [4.78, 5) is 22.7. The second kappa shape index (κ2) is 15.9. The molecule has 1 fully saturated rings. The second-order valence-electron chi connectivity index (χ2n) is 7.41. The van der Waals surface area contributed by atoms with Crippen LogP contribution in [0.25, 0.3) is 0 Å². The number of carbonyl (C=O) groups is 2. The molecule has 0 aliphatic carbocycles. The number of hydrogen-bond donors (Lipinski definition) is 1. The highest BCUT2D eigenvalue weighted by molar-refractivity contribution is 5.87. The maximum Gasteiger partial charge on any atom is 0.328 e. The van der Waals surface area contributed by atoms with Crippen molar-refractivity contribution < 1.29 is 14.3 Å². The van der Waals surface area contributed by atoms with E-state index in [1.165, 1.54) is 64.2 Å². The summed E-state index contributed by atoms with van der Waals surface area (Å²) in [7, 11) is 0. The summed E-state index contributed by atoms with van der Waals surface area (Å²) in [5.74, 6) is -0.323. The highest BCUT2D eigenvalue weighted by atomic mass is 16.5. The molecule has 26 heavy (non-hydrogen) atoms. The van der Waals surface area contributed by atoms with Crippen LogP contribution in [0.5, 0.6) is 0 Å². The maximum atomic E-state index is 11.7. The van der Waals surface area contributed by atoms with Crippen LogP contribution in [0, 0.1) is 0 Å². The number of ether oxygens (including phenoxy) is 1. The predicted octanol–water partition coefficient (Wildman–Crippen LogP) is 5.46. The van der Waals surface area contributed by atoms with Gasteiger partial charge in [0, 0.05) is 6.42 Å². The Morgan fingerprint density at radius 1 is 0.962 bits per heavy atom. The number of unbranched alkanes of at least 4 members (excludes halogenated alkanes) is 11. The summed E-state index contributed by atoms with van der Waals surface area (Å²) in [6, 6.07) is -0.413. The molecule has 0 aromatic heterocycles. The van der Waals surface area contributed by atoms with Crippen molar-refractivity contribution in [3.8, 4) is 0 Å². The van der Waals surface area contributed by atoms with E-state index in [-0.39, 0.29) is 11.9 Å². The van der Waals surface area contributed by atoms with Crippen molar-refractivity contribution in [3.63, 3.8) is 0 Å². The zero-order chi connectivity index (χ0) is 18.9. The van der Waals surface area contributed by atoms with E-state index in [0.29, 0.717) is 19.4 Å². The summed E-state index contributed by atoms with van der Waals surface area (Å²) in [6.07, 6.45) is 22.1. The molecule has 1 amide bonds. The van der Waals surface area contributed by atoms with Gasteiger partial charge in [-0.05, 0) is 38.5 Å². The number of nitrogens with one attached hydrogen (secondary N) is 1. The van der Waals surface area contributed by atoms with Crippen molar-refractivity contribution in [1.82, 2.24) is 5.32 Å². The second-order valence-corrected chi connectivity index (χ2v) is 7.41. The fraction of sp³-hybridized carbons (Fsp3) is 0.818. The van der Waals surface area contributed by atoms with Crippen LogP contribution in [-0.2, 0) is 14.3 Å². The molecular formula is C22H39NO3. The molecule has 1 saturated heterocycles. The van der Waals surface area contributed by atoms with Gasteiger partial charge in [0.2, 0.25) is 5.91 Å². The monoisotopic (exact) mass is 365 g/mol. The number of hydrogen-bond acceptors (Lipinski definition) is 3. The third-order valence-corrected chi connectivity index (χ3v) is 4.93. The fourth-order valence-electron chi connectivity index (χ4n) is 3.24. The molecule has 1 heterocycles. The van der Waals surface area contributed by atoms with Gasteiger partial charge in [0.25, 0.3) is 0 Å². The lowest BCUT2D eigenvalue weighted by Crippen LogP contribution is -2.34. The summed E-state index contributed by atoms with van der Waals surface area (Å²) in [5.41, 5.74) is 0. The van der Waals surface area contributed by atoms with E-state index in [2.05, 4.69) is 24.4 Å². The third kappa shape index (κ3) is 12.1. The van der Waals surface area contributed by atoms with E-state index in [9.17, 15) is 9.59 Å². The summed E-state index contributed by atoms with van der Waals surface area (Å²) >= 11 is 0. The first-order valence-corrected chi connectivity index (χ1v) is 10.8. The minimum absolute atomic E-state index is 0.0491. The Hall–Kier alpha value is -1.32. The average molecular weight is 366 g/mol. The van der Waals surface area contributed by atoms with E-state index in [1.54, 1.807) is 0 Å². The Balaban J connectivity index is 1.79. The van der Waals surface area contributed by atoms with Gasteiger partial charge >= 0.3 is 5.97 Å². The first-order valence-electron chi connectivity index (χ1n) is 10.8. The van der Waals surface area contributed by atoms with E-state index < -0.39 is 6.04 Å². The normalized spacial score (nSPS) is 17.0. The van der Waals surface area contributed by atoms with Crippen LogP contribution in [-0.4, -0.2) is 24.5 Å². The van der Waals surface area contributed by atoms with Gasteiger partial charge in [-0.2, -0.15) is 0 Å². The highest BCUT2D eigenvalue weighted by Crippen LogP contribution is 2.11.